The highest BCUT2D eigenvalue weighted by molar-refractivity contribution is 7.13. The van der Waals surface area contributed by atoms with Crippen LogP contribution in [0.15, 0.2) is 30.3 Å². The maximum absolute atomic E-state index is 11.4. The lowest BCUT2D eigenvalue weighted by atomic mass is 10.1. The number of aromatic carboxylic acids is 1. The summed E-state index contributed by atoms with van der Waals surface area (Å²) in [7, 11) is 0. The van der Waals surface area contributed by atoms with Crippen LogP contribution < -0.4 is 0 Å². The lowest BCUT2D eigenvalue weighted by Gasteiger charge is -2.11. The third kappa shape index (κ3) is 3.72. The maximum Gasteiger partial charge on any atom is 0.347 e. The highest BCUT2D eigenvalue weighted by Gasteiger charge is 2.20. The van der Waals surface area contributed by atoms with Gasteiger partial charge < -0.3 is 5.11 Å². The molecule has 0 radical (unpaired) electrons. The summed E-state index contributed by atoms with van der Waals surface area (Å²) in [5.41, 5.74) is 1.95. The summed E-state index contributed by atoms with van der Waals surface area (Å²) in [4.78, 5) is 18.8. The molecule has 0 atom stereocenters. The van der Waals surface area contributed by atoms with Crippen LogP contribution in [0.2, 0.25) is 0 Å². The van der Waals surface area contributed by atoms with Crippen molar-refractivity contribution in [2.45, 2.75) is 32.2 Å². The average molecular weight is 316 g/mol. The Morgan fingerprint density at radius 2 is 1.91 bits per heavy atom. The highest BCUT2D eigenvalue weighted by Crippen LogP contribution is 2.23. The molecule has 1 aliphatic heterocycles. The Morgan fingerprint density at radius 3 is 2.59 bits per heavy atom. The number of aromatic nitrogens is 1. The van der Waals surface area contributed by atoms with Crippen molar-refractivity contribution in [3.05, 3.63) is 51.5 Å². The van der Waals surface area contributed by atoms with Gasteiger partial charge in [-0.25, -0.2) is 9.78 Å². The number of carbonyl (C=O) groups is 1. The van der Waals surface area contributed by atoms with Gasteiger partial charge in [0.2, 0.25) is 0 Å². The number of rotatable bonds is 6. The molecule has 3 rings (SSSR count). The summed E-state index contributed by atoms with van der Waals surface area (Å²) in [5.74, 6) is -0.853. The first-order valence-corrected chi connectivity index (χ1v) is 8.52. The predicted octanol–water partition coefficient (Wildman–Crippen LogP) is 3.22. The van der Waals surface area contributed by atoms with Crippen LogP contribution in [0, 0.1) is 0 Å². The standard InChI is InChI=1S/C17H20N2O2S/c20-17(21)16-14(9-8-13-6-2-1-3-7-13)18-15(22-16)12-19-10-4-5-11-19/h1-3,6-7H,4-5,8-12H2,(H,20,21). The van der Waals surface area contributed by atoms with E-state index in [0.29, 0.717) is 11.3 Å². The minimum Gasteiger partial charge on any atom is -0.477 e. The van der Waals surface area contributed by atoms with Gasteiger partial charge in [-0.2, -0.15) is 0 Å². The van der Waals surface area contributed by atoms with E-state index in [1.54, 1.807) is 0 Å². The topological polar surface area (TPSA) is 53.4 Å². The Labute approximate surface area is 134 Å². The molecule has 4 nitrogen and oxygen atoms in total. The molecular weight excluding hydrogens is 296 g/mol. The van der Waals surface area contributed by atoms with Gasteiger partial charge in [-0.1, -0.05) is 30.3 Å². The Balaban J connectivity index is 1.71. The van der Waals surface area contributed by atoms with Crippen LogP contribution in [0.5, 0.6) is 0 Å². The van der Waals surface area contributed by atoms with Crippen LogP contribution in [-0.2, 0) is 19.4 Å². The summed E-state index contributed by atoms with van der Waals surface area (Å²) in [6.07, 6.45) is 3.98. The zero-order valence-electron chi connectivity index (χ0n) is 12.5. The molecule has 1 fully saturated rings. The molecule has 0 aliphatic carbocycles. The Morgan fingerprint density at radius 1 is 1.18 bits per heavy atom. The monoisotopic (exact) mass is 316 g/mol. The van der Waals surface area contributed by atoms with E-state index < -0.39 is 5.97 Å². The van der Waals surface area contributed by atoms with Gasteiger partial charge in [-0.15, -0.1) is 11.3 Å². The average Bonchev–Trinajstić information content (AvgIpc) is 3.16. The fourth-order valence-electron chi connectivity index (χ4n) is 2.84. The molecule has 1 saturated heterocycles. The summed E-state index contributed by atoms with van der Waals surface area (Å²) in [6, 6.07) is 10.1. The van der Waals surface area contributed by atoms with Crippen LogP contribution in [-0.4, -0.2) is 34.0 Å². The lowest BCUT2D eigenvalue weighted by Crippen LogP contribution is -2.18. The Kier molecular flexibility index (Phi) is 4.85. The second-order valence-corrected chi connectivity index (χ2v) is 6.74. The van der Waals surface area contributed by atoms with Gasteiger partial charge in [-0.3, -0.25) is 4.90 Å². The summed E-state index contributed by atoms with van der Waals surface area (Å²) < 4.78 is 0. The molecule has 5 heteroatoms. The SMILES string of the molecule is O=C(O)c1sc(CN2CCCC2)nc1CCc1ccccc1. The molecule has 1 aromatic heterocycles. The van der Waals surface area contributed by atoms with Crippen LogP contribution in [0.25, 0.3) is 0 Å². The van der Waals surface area contributed by atoms with Crippen LogP contribution in [0.4, 0.5) is 0 Å². The molecule has 2 aromatic rings. The molecule has 1 aromatic carbocycles. The number of nitrogens with zero attached hydrogens (tertiary/aromatic N) is 2. The van der Waals surface area contributed by atoms with Crippen molar-refractivity contribution < 1.29 is 9.90 Å². The Bertz CT molecular complexity index is 633. The molecule has 116 valence electrons. The van der Waals surface area contributed by atoms with Crippen molar-refractivity contribution in [1.29, 1.82) is 0 Å². The molecule has 0 saturated carbocycles. The van der Waals surface area contributed by atoms with Gasteiger partial charge >= 0.3 is 5.97 Å². The van der Waals surface area contributed by atoms with Gasteiger partial charge in [0.15, 0.2) is 0 Å². The third-order valence-corrected chi connectivity index (χ3v) is 5.06. The van der Waals surface area contributed by atoms with E-state index >= 15 is 0 Å². The van der Waals surface area contributed by atoms with Gasteiger partial charge in [0, 0.05) is 0 Å². The van der Waals surface area contributed by atoms with Crippen molar-refractivity contribution in [3.63, 3.8) is 0 Å². The van der Waals surface area contributed by atoms with E-state index in [-0.39, 0.29) is 0 Å². The van der Waals surface area contributed by atoms with Crippen molar-refractivity contribution >= 4 is 17.3 Å². The smallest absolute Gasteiger partial charge is 0.347 e. The molecule has 0 spiro atoms. The second kappa shape index (κ2) is 7.03. The first kappa shape index (κ1) is 15.2. The predicted molar refractivity (Wildman–Crippen MR) is 87.4 cm³/mol. The van der Waals surface area contributed by atoms with Gasteiger partial charge in [0.25, 0.3) is 0 Å². The minimum atomic E-state index is -0.853. The second-order valence-electron chi connectivity index (χ2n) is 5.66. The number of hydrogen-bond donors (Lipinski definition) is 1. The molecule has 1 aliphatic rings. The molecular formula is C17H20N2O2S. The van der Waals surface area contributed by atoms with Crippen LogP contribution >= 0.6 is 11.3 Å². The third-order valence-electron chi connectivity index (χ3n) is 3.99. The normalized spacial score (nSPS) is 15.3. The van der Waals surface area contributed by atoms with E-state index in [1.807, 2.05) is 18.2 Å². The first-order chi connectivity index (χ1) is 10.7. The van der Waals surface area contributed by atoms with Crippen molar-refractivity contribution in [3.8, 4) is 0 Å². The van der Waals surface area contributed by atoms with Gasteiger partial charge in [-0.05, 0) is 44.3 Å². The summed E-state index contributed by atoms with van der Waals surface area (Å²) in [5, 5.41) is 10.3. The van der Waals surface area contributed by atoms with Crippen molar-refractivity contribution in [1.82, 2.24) is 9.88 Å². The fourth-order valence-corrected chi connectivity index (χ4v) is 3.84. The number of thiazole rings is 1. The number of likely N-dealkylation sites (tertiary alicyclic amines) is 1. The van der Waals surface area contributed by atoms with Gasteiger partial charge in [0.05, 0.1) is 12.2 Å². The summed E-state index contributed by atoms with van der Waals surface area (Å²) >= 11 is 1.34. The van der Waals surface area contributed by atoms with E-state index in [0.717, 1.165) is 36.8 Å². The quantitative estimate of drug-likeness (QED) is 0.889. The largest absolute Gasteiger partial charge is 0.477 e. The number of hydrogen-bond acceptors (Lipinski definition) is 4. The number of carboxylic acid groups (broad SMARTS) is 1. The van der Waals surface area contributed by atoms with E-state index in [1.165, 1.54) is 29.7 Å². The fraction of sp³-hybridized carbons (Fsp3) is 0.412. The summed E-state index contributed by atoms with van der Waals surface area (Å²) in [6.45, 7) is 2.99. The van der Waals surface area contributed by atoms with Crippen molar-refractivity contribution in [2.75, 3.05) is 13.1 Å². The Hall–Kier alpha value is -1.72. The molecule has 2 heterocycles. The molecule has 0 amide bonds. The zero-order valence-corrected chi connectivity index (χ0v) is 13.3. The van der Waals surface area contributed by atoms with E-state index in [2.05, 4.69) is 22.0 Å². The molecule has 0 bridgehead atoms. The number of benzene rings is 1. The molecule has 0 unspecified atom stereocenters. The molecule has 1 N–H and O–H groups in total. The maximum atomic E-state index is 11.4. The minimum absolute atomic E-state index is 0.408. The zero-order chi connectivity index (χ0) is 15.4. The number of aryl methyl sites for hydroxylation is 2. The molecule has 22 heavy (non-hydrogen) atoms. The lowest BCUT2D eigenvalue weighted by molar-refractivity contribution is 0.0700. The van der Waals surface area contributed by atoms with Gasteiger partial charge in [0.1, 0.15) is 9.88 Å². The van der Waals surface area contributed by atoms with E-state index in [4.69, 9.17) is 0 Å². The van der Waals surface area contributed by atoms with Crippen LogP contribution in [0.1, 0.15) is 38.8 Å². The van der Waals surface area contributed by atoms with Crippen LogP contribution in [0.3, 0.4) is 0 Å². The first-order valence-electron chi connectivity index (χ1n) is 7.70. The van der Waals surface area contributed by atoms with E-state index in [9.17, 15) is 9.90 Å². The highest BCUT2D eigenvalue weighted by atomic mass is 32.1. The van der Waals surface area contributed by atoms with Crippen molar-refractivity contribution in [2.24, 2.45) is 0 Å². The number of carboxylic acids is 1.